The SMILES string of the molecule is N#Cc1nc(-c2ccccc2F)oc1N1CCCCCC1. The third-order valence-electron chi connectivity index (χ3n) is 3.71. The molecule has 108 valence electrons. The van der Waals surface area contributed by atoms with Crippen LogP contribution in [0.1, 0.15) is 31.4 Å². The standard InChI is InChI=1S/C16H16FN3O/c17-13-8-4-3-7-12(13)15-19-14(11-18)16(21-15)20-9-5-1-2-6-10-20/h3-4,7-8H,1-2,5-6,9-10H2. The molecule has 0 saturated carbocycles. The second-order valence-electron chi connectivity index (χ2n) is 5.17. The summed E-state index contributed by atoms with van der Waals surface area (Å²) in [6, 6.07) is 8.35. The second-order valence-corrected chi connectivity index (χ2v) is 5.17. The fourth-order valence-electron chi connectivity index (χ4n) is 2.62. The first-order valence-electron chi connectivity index (χ1n) is 7.20. The van der Waals surface area contributed by atoms with Crippen LogP contribution in [0.15, 0.2) is 28.7 Å². The highest BCUT2D eigenvalue weighted by molar-refractivity contribution is 5.60. The van der Waals surface area contributed by atoms with Gasteiger partial charge >= 0.3 is 0 Å². The summed E-state index contributed by atoms with van der Waals surface area (Å²) >= 11 is 0. The van der Waals surface area contributed by atoms with Crippen LogP contribution >= 0.6 is 0 Å². The number of aromatic nitrogens is 1. The topological polar surface area (TPSA) is 53.1 Å². The van der Waals surface area contributed by atoms with Crippen LogP contribution < -0.4 is 4.90 Å². The van der Waals surface area contributed by atoms with Crippen molar-refractivity contribution in [2.24, 2.45) is 0 Å². The predicted molar refractivity (Wildman–Crippen MR) is 77.3 cm³/mol. The van der Waals surface area contributed by atoms with Crippen molar-refractivity contribution < 1.29 is 8.81 Å². The molecule has 1 saturated heterocycles. The van der Waals surface area contributed by atoms with Crippen molar-refractivity contribution in [3.05, 3.63) is 35.8 Å². The minimum Gasteiger partial charge on any atom is -0.419 e. The minimum atomic E-state index is -0.398. The highest BCUT2D eigenvalue weighted by Gasteiger charge is 2.22. The van der Waals surface area contributed by atoms with Gasteiger partial charge in [0.25, 0.3) is 0 Å². The Bertz CT molecular complexity index is 666. The summed E-state index contributed by atoms with van der Waals surface area (Å²) in [6.07, 6.45) is 4.51. The lowest BCUT2D eigenvalue weighted by Crippen LogP contribution is -2.24. The highest BCUT2D eigenvalue weighted by Crippen LogP contribution is 2.30. The Morgan fingerprint density at radius 3 is 2.52 bits per heavy atom. The molecule has 1 aromatic carbocycles. The van der Waals surface area contributed by atoms with Gasteiger partial charge < -0.3 is 9.32 Å². The summed E-state index contributed by atoms with van der Waals surface area (Å²) in [4.78, 5) is 6.20. The quantitative estimate of drug-likeness (QED) is 0.843. The van der Waals surface area contributed by atoms with Gasteiger partial charge in [-0.2, -0.15) is 10.2 Å². The minimum absolute atomic E-state index is 0.170. The van der Waals surface area contributed by atoms with E-state index < -0.39 is 5.82 Å². The average Bonchev–Trinajstić information content (AvgIpc) is 2.74. The van der Waals surface area contributed by atoms with E-state index in [2.05, 4.69) is 11.1 Å². The van der Waals surface area contributed by atoms with Crippen molar-refractivity contribution in [2.45, 2.75) is 25.7 Å². The molecule has 1 aliphatic rings. The molecule has 0 bridgehead atoms. The van der Waals surface area contributed by atoms with Gasteiger partial charge in [-0.3, -0.25) is 0 Å². The fraction of sp³-hybridized carbons (Fsp3) is 0.375. The van der Waals surface area contributed by atoms with Crippen molar-refractivity contribution >= 4 is 5.88 Å². The molecular weight excluding hydrogens is 269 g/mol. The lowest BCUT2D eigenvalue weighted by Gasteiger charge is -2.18. The number of benzene rings is 1. The molecule has 2 aromatic rings. The van der Waals surface area contributed by atoms with Crippen LogP contribution in [0.4, 0.5) is 10.3 Å². The monoisotopic (exact) mass is 285 g/mol. The molecule has 0 unspecified atom stereocenters. The summed E-state index contributed by atoms with van der Waals surface area (Å²) in [5.41, 5.74) is 0.519. The van der Waals surface area contributed by atoms with Gasteiger partial charge in [0.05, 0.1) is 5.56 Å². The average molecular weight is 285 g/mol. The van der Waals surface area contributed by atoms with Gasteiger partial charge in [0, 0.05) is 13.1 Å². The third-order valence-corrected chi connectivity index (χ3v) is 3.71. The van der Waals surface area contributed by atoms with Gasteiger partial charge in [0.2, 0.25) is 17.5 Å². The molecule has 0 radical (unpaired) electrons. The number of anilines is 1. The molecule has 3 rings (SSSR count). The van der Waals surface area contributed by atoms with Crippen molar-refractivity contribution in [2.75, 3.05) is 18.0 Å². The maximum atomic E-state index is 13.8. The van der Waals surface area contributed by atoms with Crippen LogP contribution in [-0.2, 0) is 0 Å². The molecule has 1 aromatic heterocycles. The van der Waals surface area contributed by atoms with E-state index in [4.69, 9.17) is 4.42 Å². The van der Waals surface area contributed by atoms with Gasteiger partial charge in [-0.15, -0.1) is 0 Å². The summed E-state index contributed by atoms with van der Waals surface area (Å²) in [5.74, 6) is 0.243. The first-order valence-corrected chi connectivity index (χ1v) is 7.20. The van der Waals surface area contributed by atoms with E-state index in [0.717, 1.165) is 25.9 Å². The summed E-state index contributed by atoms with van der Waals surface area (Å²) in [7, 11) is 0. The van der Waals surface area contributed by atoms with E-state index in [1.807, 2.05) is 4.90 Å². The summed E-state index contributed by atoms with van der Waals surface area (Å²) in [5, 5.41) is 9.26. The zero-order chi connectivity index (χ0) is 14.7. The number of halogens is 1. The zero-order valence-electron chi connectivity index (χ0n) is 11.7. The van der Waals surface area contributed by atoms with Crippen molar-refractivity contribution in [3.8, 4) is 17.5 Å². The lowest BCUT2D eigenvalue weighted by atomic mass is 10.2. The van der Waals surface area contributed by atoms with E-state index in [1.165, 1.54) is 18.9 Å². The first kappa shape index (κ1) is 13.6. The number of oxazole rings is 1. The maximum absolute atomic E-state index is 13.8. The number of nitriles is 1. The zero-order valence-corrected chi connectivity index (χ0v) is 11.7. The van der Waals surface area contributed by atoms with E-state index in [-0.39, 0.29) is 17.1 Å². The third kappa shape index (κ3) is 2.75. The molecule has 21 heavy (non-hydrogen) atoms. The number of rotatable bonds is 2. The van der Waals surface area contributed by atoms with Crippen LogP contribution in [0.2, 0.25) is 0 Å². The first-order chi connectivity index (χ1) is 10.3. The molecule has 5 heteroatoms. The van der Waals surface area contributed by atoms with Crippen LogP contribution in [0.25, 0.3) is 11.5 Å². The van der Waals surface area contributed by atoms with E-state index in [1.54, 1.807) is 18.2 Å². The molecule has 4 nitrogen and oxygen atoms in total. The Balaban J connectivity index is 1.99. The summed E-state index contributed by atoms with van der Waals surface area (Å²) in [6.45, 7) is 1.70. The van der Waals surface area contributed by atoms with E-state index >= 15 is 0 Å². The lowest BCUT2D eigenvalue weighted by molar-refractivity contribution is 0.543. The molecule has 0 N–H and O–H groups in total. The largest absolute Gasteiger partial charge is 0.419 e. The molecule has 0 atom stereocenters. The molecule has 1 fully saturated rings. The van der Waals surface area contributed by atoms with Gasteiger partial charge in [-0.25, -0.2) is 4.39 Å². The van der Waals surface area contributed by atoms with Crippen LogP contribution in [0.5, 0.6) is 0 Å². The maximum Gasteiger partial charge on any atom is 0.235 e. The Hall–Kier alpha value is -2.35. The predicted octanol–water partition coefficient (Wildman–Crippen LogP) is 3.73. The van der Waals surface area contributed by atoms with E-state index in [0.29, 0.717) is 5.88 Å². The van der Waals surface area contributed by atoms with Crippen molar-refractivity contribution in [1.29, 1.82) is 5.26 Å². The van der Waals surface area contributed by atoms with E-state index in [9.17, 15) is 9.65 Å². The normalized spacial score (nSPS) is 15.5. The Morgan fingerprint density at radius 1 is 1.14 bits per heavy atom. The smallest absolute Gasteiger partial charge is 0.235 e. The fourth-order valence-corrected chi connectivity index (χ4v) is 2.62. The number of hydrogen-bond acceptors (Lipinski definition) is 4. The highest BCUT2D eigenvalue weighted by atomic mass is 19.1. The van der Waals surface area contributed by atoms with Gasteiger partial charge in [0.15, 0.2) is 0 Å². The number of nitrogens with zero attached hydrogens (tertiary/aromatic N) is 3. The van der Waals surface area contributed by atoms with Gasteiger partial charge in [0.1, 0.15) is 11.9 Å². The van der Waals surface area contributed by atoms with Gasteiger partial charge in [-0.1, -0.05) is 25.0 Å². The molecule has 0 aliphatic carbocycles. The number of hydrogen-bond donors (Lipinski definition) is 0. The Labute approximate surface area is 122 Å². The van der Waals surface area contributed by atoms with Crippen LogP contribution in [0, 0.1) is 17.1 Å². The van der Waals surface area contributed by atoms with Crippen LogP contribution in [0.3, 0.4) is 0 Å². The van der Waals surface area contributed by atoms with Crippen molar-refractivity contribution in [1.82, 2.24) is 4.98 Å². The molecule has 1 aliphatic heterocycles. The van der Waals surface area contributed by atoms with Crippen molar-refractivity contribution in [3.63, 3.8) is 0 Å². The molecular formula is C16H16FN3O. The van der Waals surface area contributed by atoms with Gasteiger partial charge in [-0.05, 0) is 25.0 Å². The molecule has 0 spiro atoms. The second kappa shape index (κ2) is 5.96. The molecule has 2 heterocycles. The Kier molecular flexibility index (Phi) is 3.87. The van der Waals surface area contributed by atoms with Crippen LogP contribution in [-0.4, -0.2) is 18.1 Å². The summed E-state index contributed by atoms with van der Waals surface area (Å²) < 4.78 is 19.6. The Morgan fingerprint density at radius 2 is 1.86 bits per heavy atom. The molecule has 0 amide bonds.